The van der Waals surface area contributed by atoms with Gasteiger partial charge < -0.3 is 5.32 Å². The third-order valence-electron chi connectivity index (χ3n) is 3.45. The summed E-state index contributed by atoms with van der Waals surface area (Å²) in [5, 5.41) is 4.51. The van der Waals surface area contributed by atoms with Crippen LogP contribution in [0.2, 0.25) is 0 Å². The highest BCUT2D eigenvalue weighted by Gasteiger charge is 2.30. The van der Waals surface area contributed by atoms with Crippen molar-refractivity contribution < 1.29 is 0 Å². The Morgan fingerprint density at radius 3 is 3.06 bits per heavy atom. The summed E-state index contributed by atoms with van der Waals surface area (Å²) in [7, 11) is 0. The molecular formula is C13H15BrN2S. The van der Waals surface area contributed by atoms with Crippen molar-refractivity contribution in [2.24, 2.45) is 10.9 Å². The quantitative estimate of drug-likeness (QED) is 0.843. The molecule has 1 aliphatic carbocycles. The molecule has 2 atom stereocenters. The summed E-state index contributed by atoms with van der Waals surface area (Å²) in [6.45, 7) is 0. The highest BCUT2D eigenvalue weighted by molar-refractivity contribution is 9.10. The molecule has 1 aliphatic heterocycles. The van der Waals surface area contributed by atoms with E-state index in [-0.39, 0.29) is 0 Å². The van der Waals surface area contributed by atoms with Crippen LogP contribution in [-0.4, -0.2) is 17.0 Å². The second kappa shape index (κ2) is 5.02. The maximum atomic E-state index is 4.83. The van der Waals surface area contributed by atoms with Gasteiger partial charge in [0.1, 0.15) is 0 Å². The van der Waals surface area contributed by atoms with Crippen LogP contribution in [0.1, 0.15) is 19.3 Å². The lowest BCUT2D eigenvalue weighted by molar-refractivity contribution is 0.535. The van der Waals surface area contributed by atoms with E-state index >= 15 is 0 Å². The van der Waals surface area contributed by atoms with Gasteiger partial charge >= 0.3 is 0 Å². The standard InChI is InChI=1S/C13H15BrN2S/c14-10-5-1-2-6-12(10)16-13-15-11-7-3-4-9(11)8-17-13/h1-2,5-6,9,11H,3-4,7-8H2,(H,15,16). The number of para-hydroxylation sites is 1. The topological polar surface area (TPSA) is 24.4 Å². The first-order valence-corrected chi connectivity index (χ1v) is 7.83. The van der Waals surface area contributed by atoms with Crippen LogP contribution in [0.25, 0.3) is 0 Å². The lowest BCUT2D eigenvalue weighted by Gasteiger charge is -2.23. The van der Waals surface area contributed by atoms with Crippen molar-refractivity contribution in [2.75, 3.05) is 11.1 Å². The van der Waals surface area contributed by atoms with Crippen molar-refractivity contribution >= 4 is 38.5 Å². The summed E-state index contributed by atoms with van der Waals surface area (Å²) in [4.78, 5) is 4.83. The molecule has 1 saturated carbocycles. The monoisotopic (exact) mass is 310 g/mol. The molecule has 90 valence electrons. The SMILES string of the molecule is Brc1ccccc1NC1=NC2CCCC2CS1. The number of nitrogens with zero attached hydrogens (tertiary/aromatic N) is 1. The molecule has 1 aromatic rings. The Bertz CT molecular complexity index is 447. The van der Waals surface area contributed by atoms with Crippen LogP contribution in [0.4, 0.5) is 5.69 Å². The Labute approximate surface area is 114 Å². The number of anilines is 1. The molecule has 3 rings (SSSR count). The lowest BCUT2D eigenvalue weighted by Crippen LogP contribution is -2.25. The Hall–Kier alpha value is -0.480. The largest absolute Gasteiger partial charge is 0.334 e. The van der Waals surface area contributed by atoms with Crippen molar-refractivity contribution in [1.29, 1.82) is 0 Å². The van der Waals surface area contributed by atoms with Gasteiger partial charge in [-0.2, -0.15) is 0 Å². The molecule has 1 fully saturated rings. The molecule has 1 N–H and O–H groups in total. The molecule has 0 radical (unpaired) electrons. The summed E-state index contributed by atoms with van der Waals surface area (Å²) >= 11 is 5.41. The highest BCUT2D eigenvalue weighted by Crippen LogP contribution is 2.36. The van der Waals surface area contributed by atoms with E-state index in [2.05, 4.69) is 33.4 Å². The van der Waals surface area contributed by atoms with Gasteiger partial charge in [-0.1, -0.05) is 30.3 Å². The number of hydrogen-bond donors (Lipinski definition) is 1. The van der Waals surface area contributed by atoms with Gasteiger partial charge in [-0.05, 0) is 46.8 Å². The molecule has 0 saturated heterocycles. The molecule has 0 aromatic heterocycles. The Morgan fingerprint density at radius 2 is 2.18 bits per heavy atom. The summed E-state index contributed by atoms with van der Waals surface area (Å²) < 4.78 is 1.09. The van der Waals surface area contributed by atoms with Crippen LogP contribution in [0.5, 0.6) is 0 Å². The zero-order chi connectivity index (χ0) is 11.7. The molecule has 0 bridgehead atoms. The minimum Gasteiger partial charge on any atom is -0.334 e. The van der Waals surface area contributed by atoms with Crippen molar-refractivity contribution in [1.82, 2.24) is 0 Å². The zero-order valence-corrected chi connectivity index (χ0v) is 11.9. The van der Waals surface area contributed by atoms with E-state index < -0.39 is 0 Å². The van der Waals surface area contributed by atoms with Crippen molar-refractivity contribution in [3.05, 3.63) is 28.7 Å². The second-order valence-corrected chi connectivity index (χ2v) is 6.47. The van der Waals surface area contributed by atoms with Crippen molar-refractivity contribution in [2.45, 2.75) is 25.3 Å². The van der Waals surface area contributed by atoms with E-state index in [1.807, 2.05) is 23.9 Å². The number of fused-ring (bicyclic) bond motifs is 1. The fraction of sp³-hybridized carbons (Fsp3) is 0.462. The van der Waals surface area contributed by atoms with Gasteiger partial charge in [0.05, 0.1) is 11.7 Å². The predicted octanol–water partition coefficient (Wildman–Crippen LogP) is 4.13. The number of nitrogens with one attached hydrogen (secondary N) is 1. The summed E-state index contributed by atoms with van der Waals surface area (Å²) in [6.07, 6.45) is 3.98. The Morgan fingerprint density at radius 1 is 1.29 bits per heavy atom. The maximum Gasteiger partial charge on any atom is 0.161 e. The van der Waals surface area contributed by atoms with Crippen LogP contribution in [-0.2, 0) is 0 Å². The molecule has 0 spiro atoms. The van der Waals surface area contributed by atoms with Gasteiger partial charge in [0.15, 0.2) is 5.17 Å². The zero-order valence-electron chi connectivity index (χ0n) is 9.53. The van der Waals surface area contributed by atoms with Crippen molar-refractivity contribution in [3.8, 4) is 0 Å². The van der Waals surface area contributed by atoms with Crippen LogP contribution in [0.3, 0.4) is 0 Å². The minimum absolute atomic E-state index is 0.571. The number of benzene rings is 1. The molecule has 2 aliphatic rings. The van der Waals surface area contributed by atoms with E-state index in [0.717, 1.165) is 21.2 Å². The molecular weight excluding hydrogens is 296 g/mol. The number of thioether (sulfide) groups is 1. The fourth-order valence-corrected chi connectivity index (χ4v) is 4.04. The third-order valence-corrected chi connectivity index (χ3v) is 5.22. The third kappa shape index (κ3) is 2.52. The van der Waals surface area contributed by atoms with Crippen LogP contribution >= 0.6 is 27.7 Å². The van der Waals surface area contributed by atoms with E-state index in [1.165, 1.54) is 25.0 Å². The first-order valence-electron chi connectivity index (χ1n) is 6.05. The Kier molecular flexibility index (Phi) is 3.43. The number of rotatable bonds is 1. The summed E-state index contributed by atoms with van der Waals surface area (Å²) in [5.74, 6) is 2.05. The van der Waals surface area contributed by atoms with E-state index in [0.29, 0.717) is 6.04 Å². The molecule has 1 heterocycles. The van der Waals surface area contributed by atoms with E-state index in [9.17, 15) is 0 Å². The van der Waals surface area contributed by atoms with Gasteiger partial charge in [0, 0.05) is 10.2 Å². The van der Waals surface area contributed by atoms with E-state index in [1.54, 1.807) is 0 Å². The normalized spacial score (nSPS) is 27.5. The molecule has 2 nitrogen and oxygen atoms in total. The molecule has 0 amide bonds. The van der Waals surface area contributed by atoms with Gasteiger partial charge in [0.2, 0.25) is 0 Å². The number of amidine groups is 1. The second-order valence-electron chi connectivity index (χ2n) is 4.61. The van der Waals surface area contributed by atoms with Crippen LogP contribution < -0.4 is 5.32 Å². The summed E-state index contributed by atoms with van der Waals surface area (Å²) in [5.41, 5.74) is 1.11. The summed E-state index contributed by atoms with van der Waals surface area (Å²) in [6, 6.07) is 8.77. The average Bonchev–Trinajstić information content (AvgIpc) is 2.79. The van der Waals surface area contributed by atoms with Crippen LogP contribution in [0.15, 0.2) is 33.7 Å². The predicted molar refractivity (Wildman–Crippen MR) is 78.8 cm³/mol. The first-order chi connectivity index (χ1) is 8.33. The first kappa shape index (κ1) is 11.6. The fourth-order valence-electron chi connectivity index (χ4n) is 2.50. The highest BCUT2D eigenvalue weighted by atomic mass is 79.9. The number of hydrogen-bond acceptors (Lipinski definition) is 3. The number of halogens is 1. The van der Waals surface area contributed by atoms with Gasteiger partial charge in [-0.25, -0.2) is 0 Å². The average molecular weight is 311 g/mol. The van der Waals surface area contributed by atoms with Crippen LogP contribution in [0, 0.1) is 5.92 Å². The van der Waals surface area contributed by atoms with Gasteiger partial charge in [-0.15, -0.1) is 0 Å². The smallest absolute Gasteiger partial charge is 0.161 e. The Balaban J connectivity index is 1.76. The number of aliphatic imine (C=N–C) groups is 1. The molecule has 1 aromatic carbocycles. The van der Waals surface area contributed by atoms with E-state index in [4.69, 9.17) is 4.99 Å². The lowest BCUT2D eigenvalue weighted by atomic mass is 10.1. The van der Waals surface area contributed by atoms with Crippen molar-refractivity contribution in [3.63, 3.8) is 0 Å². The maximum absolute atomic E-state index is 4.83. The van der Waals surface area contributed by atoms with Gasteiger partial charge in [-0.3, -0.25) is 4.99 Å². The van der Waals surface area contributed by atoms with Gasteiger partial charge in [0.25, 0.3) is 0 Å². The molecule has 4 heteroatoms. The molecule has 2 unspecified atom stereocenters. The molecule has 17 heavy (non-hydrogen) atoms. The minimum atomic E-state index is 0.571.